The van der Waals surface area contributed by atoms with E-state index in [4.69, 9.17) is 5.73 Å². The second kappa shape index (κ2) is 5.60. The molecule has 2 N–H and O–H groups in total. The summed E-state index contributed by atoms with van der Waals surface area (Å²) in [5.74, 6) is 0.784. The summed E-state index contributed by atoms with van der Waals surface area (Å²) in [5.41, 5.74) is 9.86. The second-order valence-electron chi connectivity index (χ2n) is 6.07. The lowest BCUT2D eigenvalue weighted by Gasteiger charge is -2.23. The summed E-state index contributed by atoms with van der Waals surface area (Å²) in [6.45, 7) is 2.53. The van der Waals surface area contributed by atoms with Crippen LogP contribution in [0.4, 0.5) is 11.4 Å². The summed E-state index contributed by atoms with van der Waals surface area (Å²) in [6.07, 6.45) is 0.769. The van der Waals surface area contributed by atoms with E-state index >= 15 is 0 Å². The molecule has 4 rings (SSSR count). The first kappa shape index (κ1) is 14.6. The first-order valence-electron chi connectivity index (χ1n) is 8.03. The van der Waals surface area contributed by atoms with Crippen molar-refractivity contribution < 1.29 is 4.79 Å². The molecular formula is C19H18N4O. The van der Waals surface area contributed by atoms with Crippen LogP contribution in [0, 0.1) is 0 Å². The maximum absolute atomic E-state index is 13.0. The van der Waals surface area contributed by atoms with Gasteiger partial charge in [0.05, 0.1) is 17.4 Å². The molecule has 1 atom stereocenters. The summed E-state index contributed by atoms with van der Waals surface area (Å²) in [4.78, 5) is 24.1. The zero-order valence-electron chi connectivity index (χ0n) is 13.4. The molecule has 0 aliphatic carbocycles. The van der Waals surface area contributed by atoms with Gasteiger partial charge in [-0.15, -0.1) is 0 Å². The van der Waals surface area contributed by atoms with Gasteiger partial charge in [0.15, 0.2) is 0 Å². The smallest absolute Gasteiger partial charge is 0.258 e. The van der Waals surface area contributed by atoms with Crippen molar-refractivity contribution in [2.75, 3.05) is 17.2 Å². The van der Waals surface area contributed by atoms with Crippen LogP contribution < -0.4 is 10.6 Å². The zero-order chi connectivity index (χ0) is 16.7. The van der Waals surface area contributed by atoms with Gasteiger partial charge < -0.3 is 10.6 Å². The van der Waals surface area contributed by atoms with Gasteiger partial charge in [-0.3, -0.25) is 9.79 Å². The summed E-state index contributed by atoms with van der Waals surface area (Å²) in [7, 11) is 0. The number of para-hydroxylation sites is 1. The predicted molar refractivity (Wildman–Crippen MR) is 97.0 cm³/mol. The number of rotatable bonds is 1. The van der Waals surface area contributed by atoms with E-state index in [1.165, 1.54) is 0 Å². The number of carbonyl (C=O) groups excluding carboxylic acids is 1. The molecule has 0 fully saturated rings. The van der Waals surface area contributed by atoms with Crippen LogP contribution in [-0.2, 0) is 0 Å². The van der Waals surface area contributed by atoms with Crippen LogP contribution in [0.25, 0.3) is 0 Å². The number of nitrogen functional groups attached to an aromatic ring is 1. The highest BCUT2D eigenvalue weighted by molar-refractivity contribution is 6.19. The number of nitrogens with two attached hydrogens (primary N) is 1. The minimum Gasteiger partial charge on any atom is -0.399 e. The van der Waals surface area contributed by atoms with Crippen molar-refractivity contribution in [3.63, 3.8) is 0 Å². The van der Waals surface area contributed by atoms with Gasteiger partial charge in [-0.2, -0.15) is 0 Å². The molecule has 2 aromatic rings. The van der Waals surface area contributed by atoms with Gasteiger partial charge >= 0.3 is 0 Å². The summed E-state index contributed by atoms with van der Waals surface area (Å²) in [5, 5.41) is 0. The largest absolute Gasteiger partial charge is 0.399 e. The summed E-state index contributed by atoms with van der Waals surface area (Å²) in [6, 6.07) is 15.0. The fourth-order valence-corrected chi connectivity index (χ4v) is 3.30. The molecule has 5 nitrogen and oxygen atoms in total. The number of hydrogen-bond donors (Lipinski definition) is 1. The Morgan fingerprint density at radius 1 is 1.17 bits per heavy atom. The number of hydrogen-bond acceptors (Lipinski definition) is 4. The molecule has 0 aromatic heterocycles. The van der Waals surface area contributed by atoms with E-state index in [1.807, 2.05) is 36.1 Å². The van der Waals surface area contributed by atoms with Crippen molar-refractivity contribution in [3.05, 3.63) is 59.7 Å². The summed E-state index contributed by atoms with van der Waals surface area (Å²) >= 11 is 0. The van der Waals surface area contributed by atoms with Crippen molar-refractivity contribution in [1.82, 2.24) is 0 Å². The Morgan fingerprint density at radius 2 is 1.92 bits per heavy atom. The normalized spacial score (nSPS) is 19.0. The number of nitrogens with zero attached hydrogens (tertiary/aromatic N) is 3. The Kier molecular flexibility index (Phi) is 3.41. The monoisotopic (exact) mass is 318 g/mol. The predicted octanol–water partition coefficient (Wildman–Crippen LogP) is 2.91. The van der Waals surface area contributed by atoms with Gasteiger partial charge in [-0.25, -0.2) is 4.99 Å². The third kappa shape index (κ3) is 2.38. The zero-order valence-corrected chi connectivity index (χ0v) is 13.4. The van der Waals surface area contributed by atoms with Gasteiger partial charge in [-0.05, 0) is 43.7 Å². The fourth-order valence-electron chi connectivity index (χ4n) is 3.30. The SMILES string of the molecule is CC1=N[C@@H]2CCN(C(=O)c3ccc(N)cc3)c3ccccc3C2=N1. The van der Waals surface area contributed by atoms with Crippen LogP contribution in [0.5, 0.6) is 0 Å². The molecule has 120 valence electrons. The molecule has 2 aliphatic heterocycles. The second-order valence-corrected chi connectivity index (χ2v) is 6.07. The standard InChI is InChI=1S/C19H18N4O/c1-12-21-16-10-11-23(19(24)13-6-8-14(20)9-7-13)17-5-3-2-4-15(17)18(16)22-12/h2-9,16H,10-11,20H2,1H3/t16-/m1/s1. The van der Waals surface area contributed by atoms with Crippen molar-refractivity contribution in [2.24, 2.45) is 9.98 Å². The average Bonchev–Trinajstić information content (AvgIpc) is 2.89. The molecule has 0 saturated carbocycles. The lowest BCUT2D eigenvalue weighted by atomic mass is 10.0. The molecule has 2 heterocycles. The van der Waals surface area contributed by atoms with Crippen LogP contribution in [0.3, 0.4) is 0 Å². The molecule has 2 aromatic carbocycles. The molecule has 0 spiro atoms. The van der Waals surface area contributed by atoms with Crippen LogP contribution in [0.15, 0.2) is 58.5 Å². The highest BCUT2D eigenvalue weighted by atomic mass is 16.2. The van der Waals surface area contributed by atoms with Crippen molar-refractivity contribution in [3.8, 4) is 0 Å². The van der Waals surface area contributed by atoms with Crippen molar-refractivity contribution in [2.45, 2.75) is 19.4 Å². The first-order valence-corrected chi connectivity index (χ1v) is 8.03. The molecule has 24 heavy (non-hydrogen) atoms. The molecule has 0 unspecified atom stereocenters. The number of benzene rings is 2. The fraction of sp³-hybridized carbons (Fsp3) is 0.211. The van der Waals surface area contributed by atoms with E-state index in [0.717, 1.165) is 29.2 Å². The average molecular weight is 318 g/mol. The van der Waals surface area contributed by atoms with Gasteiger partial charge in [0, 0.05) is 23.4 Å². The Bertz CT molecular complexity index is 867. The molecular weight excluding hydrogens is 300 g/mol. The van der Waals surface area contributed by atoms with E-state index in [1.54, 1.807) is 24.3 Å². The van der Waals surface area contributed by atoms with Gasteiger partial charge in [0.2, 0.25) is 0 Å². The first-order chi connectivity index (χ1) is 11.6. The number of amidine groups is 1. The Morgan fingerprint density at radius 3 is 2.71 bits per heavy atom. The third-order valence-corrected chi connectivity index (χ3v) is 4.44. The van der Waals surface area contributed by atoms with Gasteiger partial charge in [-0.1, -0.05) is 18.2 Å². The topological polar surface area (TPSA) is 71.0 Å². The van der Waals surface area contributed by atoms with E-state index in [9.17, 15) is 4.79 Å². The van der Waals surface area contributed by atoms with E-state index in [2.05, 4.69) is 9.98 Å². The lowest BCUT2D eigenvalue weighted by Crippen LogP contribution is -2.32. The van der Waals surface area contributed by atoms with Crippen molar-refractivity contribution >= 4 is 28.8 Å². The van der Waals surface area contributed by atoms with Gasteiger partial charge in [0.1, 0.15) is 5.84 Å². The van der Waals surface area contributed by atoms with E-state index in [-0.39, 0.29) is 11.9 Å². The molecule has 2 aliphatic rings. The molecule has 0 saturated heterocycles. The number of carbonyl (C=O) groups is 1. The van der Waals surface area contributed by atoms with Crippen molar-refractivity contribution in [1.29, 1.82) is 0 Å². The highest BCUT2D eigenvalue weighted by Crippen LogP contribution is 2.31. The van der Waals surface area contributed by atoms with Crippen LogP contribution in [0.2, 0.25) is 0 Å². The van der Waals surface area contributed by atoms with Crippen LogP contribution >= 0.6 is 0 Å². The molecule has 1 amide bonds. The molecule has 0 bridgehead atoms. The number of aliphatic imine (C=N–C) groups is 2. The Balaban J connectivity index is 1.77. The molecule has 5 heteroatoms. The number of anilines is 2. The maximum atomic E-state index is 13.0. The minimum atomic E-state index is -0.0243. The Hall–Kier alpha value is -2.95. The maximum Gasteiger partial charge on any atom is 0.258 e. The van der Waals surface area contributed by atoms with E-state index in [0.29, 0.717) is 17.8 Å². The minimum absolute atomic E-state index is 0.0243. The van der Waals surface area contributed by atoms with E-state index < -0.39 is 0 Å². The van der Waals surface area contributed by atoms with Crippen LogP contribution in [-0.4, -0.2) is 30.0 Å². The quantitative estimate of drug-likeness (QED) is 0.821. The van der Waals surface area contributed by atoms with Gasteiger partial charge in [0.25, 0.3) is 5.91 Å². The molecule has 0 radical (unpaired) electrons. The summed E-state index contributed by atoms with van der Waals surface area (Å²) < 4.78 is 0. The highest BCUT2D eigenvalue weighted by Gasteiger charge is 2.32. The number of fused-ring (bicyclic) bond motifs is 3. The third-order valence-electron chi connectivity index (χ3n) is 4.44. The number of amides is 1. The Labute approximate surface area is 140 Å². The van der Waals surface area contributed by atoms with Crippen LogP contribution in [0.1, 0.15) is 29.3 Å². The lowest BCUT2D eigenvalue weighted by molar-refractivity contribution is 0.0987.